The fourth-order valence-corrected chi connectivity index (χ4v) is 4.43. The normalized spacial score (nSPS) is 11.8. The predicted molar refractivity (Wildman–Crippen MR) is 111 cm³/mol. The lowest BCUT2D eigenvalue weighted by Gasteiger charge is -2.16. The number of hydrogen-bond donors (Lipinski definition) is 2. The molecule has 11 heteroatoms. The van der Waals surface area contributed by atoms with Crippen molar-refractivity contribution in [2.24, 2.45) is 0 Å². The van der Waals surface area contributed by atoms with Crippen molar-refractivity contribution in [2.45, 2.75) is 24.9 Å². The molecule has 32 heavy (non-hydrogen) atoms. The van der Waals surface area contributed by atoms with E-state index in [1.807, 2.05) is 0 Å². The second-order valence-electron chi connectivity index (χ2n) is 6.85. The average molecular weight is 468 g/mol. The molecule has 0 aliphatic rings. The highest BCUT2D eigenvalue weighted by molar-refractivity contribution is 7.92. The zero-order valence-corrected chi connectivity index (χ0v) is 18.0. The molecule has 0 bridgehead atoms. The number of furan rings is 1. The number of alkyl halides is 3. The zero-order chi connectivity index (χ0) is 23.7. The van der Waals surface area contributed by atoms with Crippen LogP contribution in [0.2, 0.25) is 0 Å². The van der Waals surface area contributed by atoms with Crippen LogP contribution in [0.1, 0.15) is 27.2 Å². The van der Waals surface area contributed by atoms with E-state index in [9.17, 15) is 26.4 Å². The van der Waals surface area contributed by atoms with Gasteiger partial charge in [0.1, 0.15) is 10.6 Å². The van der Waals surface area contributed by atoms with Gasteiger partial charge in [0.25, 0.3) is 15.9 Å². The number of anilines is 2. The maximum atomic E-state index is 13.1. The first-order chi connectivity index (χ1) is 14.9. The van der Waals surface area contributed by atoms with Gasteiger partial charge in [-0.25, -0.2) is 8.42 Å². The molecule has 0 saturated heterocycles. The Bertz CT molecular complexity index is 1250. The number of carbonyl (C=O) groups excluding carboxylic acids is 1. The molecule has 0 aliphatic heterocycles. The molecule has 0 unspecified atom stereocenters. The van der Waals surface area contributed by atoms with Gasteiger partial charge < -0.3 is 14.5 Å². The fraction of sp³-hybridized carbons (Fsp3) is 0.190. The van der Waals surface area contributed by atoms with Crippen molar-refractivity contribution in [3.63, 3.8) is 0 Å². The summed E-state index contributed by atoms with van der Waals surface area (Å²) in [5.41, 5.74) is 0.990. The number of nitrogens with one attached hydrogen (secondary N) is 2. The number of ether oxygens (including phenoxy) is 1. The Hall–Kier alpha value is -3.47. The van der Waals surface area contributed by atoms with Gasteiger partial charge in [0.05, 0.1) is 24.6 Å². The summed E-state index contributed by atoms with van der Waals surface area (Å²) in [5.74, 6) is -2.57. The van der Waals surface area contributed by atoms with Gasteiger partial charge in [-0.05, 0) is 49.2 Å². The highest BCUT2D eigenvalue weighted by atomic mass is 32.2. The quantitative estimate of drug-likeness (QED) is 0.532. The number of rotatable bonds is 6. The highest BCUT2D eigenvalue weighted by Crippen LogP contribution is 2.34. The largest absolute Gasteiger partial charge is 0.495 e. The molecular weight excluding hydrogens is 449 g/mol. The molecule has 1 amide bonds. The molecule has 0 atom stereocenters. The van der Waals surface area contributed by atoms with E-state index in [-0.39, 0.29) is 16.3 Å². The minimum absolute atomic E-state index is 0.0129. The van der Waals surface area contributed by atoms with Crippen molar-refractivity contribution in [1.82, 2.24) is 0 Å². The second kappa shape index (κ2) is 8.58. The van der Waals surface area contributed by atoms with E-state index in [0.29, 0.717) is 16.8 Å². The van der Waals surface area contributed by atoms with Crippen LogP contribution in [-0.4, -0.2) is 21.4 Å². The van der Waals surface area contributed by atoms with Crippen molar-refractivity contribution in [2.75, 3.05) is 17.1 Å². The lowest BCUT2D eigenvalue weighted by Crippen LogP contribution is -2.18. The number of benzene rings is 2. The molecule has 0 saturated carbocycles. The average Bonchev–Trinajstić information content (AvgIpc) is 3.22. The molecule has 2 N–H and O–H groups in total. The fourth-order valence-electron chi connectivity index (χ4n) is 3.04. The first-order valence-corrected chi connectivity index (χ1v) is 10.7. The Morgan fingerprint density at radius 1 is 1.06 bits per heavy atom. The maximum absolute atomic E-state index is 13.1. The number of carbonyl (C=O) groups is 1. The van der Waals surface area contributed by atoms with Crippen molar-refractivity contribution in [3.05, 3.63) is 71.2 Å². The van der Waals surface area contributed by atoms with Crippen molar-refractivity contribution < 1.29 is 35.5 Å². The van der Waals surface area contributed by atoms with E-state index in [1.54, 1.807) is 32.0 Å². The van der Waals surface area contributed by atoms with E-state index in [4.69, 9.17) is 4.74 Å². The molecule has 0 spiro atoms. The molecule has 3 aromatic rings. The number of methoxy groups -OCH3 is 1. The molecule has 1 heterocycles. The second-order valence-corrected chi connectivity index (χ2v) is 8.50. The molecule has 7 nitrogen and oxygen atoms in total. The van der Waals surface area contributed by atoms with Crippen LogP contribution in [-0.2, 0) is 16.2 Å². The van der Waals surface area contributed by atoms with Crippen LogP contribution in [0.4, 0.5) is 24.5 Å². The number of para-hydroxylation sites is 1. The van der Waals surface area contributed by atoms with Crippen molar-refractivity contribution >= 4 is 27.3 Å². The Morgan fingerprint density at radius 2 is 1.72 bits per heavy atom. The minimum atomic E-state index is -4.86. The monoisotopic (exact) mass is 468 g/mol. The number of sulfonamides is 1. The first-order valence-electron chi connectivity index (χ1n) is 9.17. The van der Waals surface area contributed by atoms with Crippen LogP contribution >= 0.6 is 0 Å². The summed E-state index contributed by atoms with van der Waals surface area (Å²) in [4.78, 5) is 12.1. The Morgan fingerprint density at radius 3 is 2.31 bits per heavy atom. The molecule has 3 rings (SSSR count). The molecule has 170 valence electrons. The minimum Gasteiger partial charge on any atom is -0.495 e. The summed E-state index contributed by atoms with van der Waals surface area (Å²) in [5, 5.41) is 2.26. The summed E-state index contributed by atoms with van der Waals surface area (Å²) in [6, 6.07) is 9.83. The molecule has 0 fully saturated rings. The van der Waals surface area contributed by atoms with Gasteiger partial charge in [0.2, 0.25) is 5.76 Å². The summed E-state index contributed by atoms with van der Waals surface area (Å²) in [7, 11) is -2.90. The van der Waals surface area contributed by atoms with Crippen LogP contribution in [0.3, 0.4) is 0 Å². The number of hydrogen-bond acceptors (Lipinski definition) is 5. The van der Waals surface area contributed by atoms with E-state index in [1.165, 1.54) is 19.2 Å². The molecule has 0 aliphatic carbocycles. The smallest absolute Gasteiger partial charge is 0.450 e. The van der Waals surface area contributed by atoms with Gasteiger partial charge in [-0.3, -0.25) is 9.52 Å². The number of amides is 1. The van der Waals surface area contributed by atoms with Gasteiger partial charge in [0.15, 0.2) is 0 Å². The van der Waals surface area contributed by atoms with E-state index < -0.39 is 33.4 Å². The molecular formula is C21H19F3N2O5S. The third-order valence-electron chi connectivity index (χ3n) is 4.60. The molecule has 2 aromatic carbocycles. The van der Waals surface area contributed by atoms with Gasteiger partial charge in [-0.2, -0.15) is 13.2 Å². The van der Waals surface area contributed by atoms with Crippen LogP contribution < -0.4 is 14.8 Å². The third kappa shape index (κ3) is 4.72. The van der Waals surface area contributed by atoms with Crippen LogP contribution in [0.15, 0.2) is 58.0 Å². The topological polar surface area (TPSA) is 97.6 Å². The standard InChI is InChI=1S/C21H19F3N2O5S/c1-12-5-4-6-13(2)18(12)26-32(28,29)17-11-14(7-8-16(17)30-3)25-20(27)15-9-10-31-19(15)21(22,23)24/h4-11,26H,1-3H3,(H,25,27). The third-order valence-corrected chi connectivity index (χ3v) is 5.97. The summed E-state index contributed by atoms with van der Waals surface area (Å²) < 4.78 is 77.1. The number of aryl methyl sites for hydroxylation is 2. The zero-order valence-electron chi connectivity index (χ0n) is 17.2. The van der Waals surface area contributed by atoms with Gasteiger partial charge in [-0.1, -0.05) is 18.2 Å². The van der Waals surface area contributed by atoms with Gasteiger partial charge >= 0.3 is 6.18 Å². The van der Waals surface area contributed by atoms with E-state index >= 15 is 0 Å². The number of halogens is 3. The van der Waals surface area contributed by atoms with Gasteiger partial charge in [-0.15, -0.1) is 0 Å². The summed E-state index contributed by atoms with van der Waals surface area (Å²) in [6.07, 6.45) is -4.12. The molecule has 1 aromatic heterocycles. The Balaban J connectivity index is 1.96. The first kappa shape index (κ1) is 23.2. The predicted octanol–water partition coefficient (Wildman–Crippen LogP) is 4.98. The summed E-state index contributed by atoms with van der Waals surface area (Å²) >= 11 is 0. The maximum Gasteiger partial charge on any atom is 0.450 e. The van der Waals surface area contributed by atoms with E-state index in [2.05, 4.69) is 14.5 Å². The SMILES string of the molecule is COc1ccc(NC(=O)c2ccoc2C(F)(F)F)cc1S(=O)(=O)Nc1c(C)cccc1C. The summed E-state index contributed by atoms with van der Waals surface area (Å²) in [6.45, 7) is 3.48. The van der Waals surface area contributed by atoms with Crippen molar-refractivity contribution in [3.8, 4) is 5.75 Å². The lowest BCUT2D eigenvalue weighted by molar-refractivity contribution is -0.153. The Kier molecular flexibility index (Phi) is 6.22. The van der Waals surface area contributed by atoms with Crippen LogP contribution in [0.25, 0.3) is 0 Å². The Labute approximate surface area is 182 Å². The highest BCUT2D eigenvalue weighted by Gasteiger charge is 2.39. The lowest BCUT2D eigenvalue weighted by atomic mass is 10.1. The van der Waals surface area contributed by atoms with Crippen LogP contribution in [0.5, 0.6) is 5.75 Å². The van der Waals surface area contributed by atoms with Gasteiger partial charge in [0, 0.05) is 5.69 Å². The van der Waals surface area contributed by atoms with Crippen LogP contribution in [0, 0.1) is 13.8 Å². The van der Waals surface area contributed by atoms with Crippen molar-refractivity contribution in [1.29, 1.82) is 0 Å². The molecule has 0 radical (unpaired) electrons. The van der Waals surface area contributed by atoms with E-state index in [0.717, 1.165) is 18.4 Å².